The van der Waals surface area contributed by atoms with Gasteiger partial charge in [0.15, 0.2) is 0 Å². The molecule has 0 aliphatic heterocycles. The summed E-state index contributed by atoms with van der Waals surface area (Å²) in [5.41, 5.74) is 7.40. The second-order valence-corrected chi connectivity index (χ2v) is 4.33. The van der Waals surface area contributed by atoms with Crippen molar-refractivity contribution in [3.05, 3.63) is 35.4 Å². The Labute approximate surface area is 117 Å². The molecule has 1 aromatic rings. The summed E-state index contributed by atoms with van der Waals surface area (Å²) >= 11 is 0. The van der Waals surface area contributed by atoms with E-state index in [2.05, 4.69) is 5.32 Å². The van der Waals surface area contributed by atoms with Crippen LogP contribution in [0.5, 0.6) is 0 Å². The van der Waals surface area contributed by atoms with E-state index in [9.17, 15) is 9.59 Å². The Bertz CT molecular complexity index is 462. The van der Waals surface area contributed by atoms with Crippen molar-refractivity contribution >= 4 is 11.9 Å². The van der Waals surface area contributed by atoms with Crippen LogP contribution in [0, 0.1) is 0 Å². The molecule has 6 nitrogen and oxygen atoms in total. The van der Waals surface area contributed by atoms with Crippen LogP contribution in [0.2, 0.25) is 0 Å². The third-order valence-electron chi connectivity index (χ3n) is 2.76. The molecule has 0 saturated heterocycles. The van der Waals surface area contributed by atoms with Crippen molar-refractivity contribution in [1.82, 2.24) is 5.32 Å². The highest BCUT2D eigenvalue weighted by Crippen LogP contribution is 2.10. The van der Waals surface area contributed by atoms with E-state index in [0.717, 1.165) is 11.1 Å². The quantitative estimate of drug-likeness (QED) is 0.648. The van der Waals surface area contributed by atoms with E-state index in [0.29, 0.717) is 19.8 Å². The molecule has 0 bridgehead atoms. The van der Waals surface area contributed by atoms with E-state index < -0.39 is 17.9 Å². The molecule has 0 aromatic heterocycles. The number of benzene rings is 1. The van der Waals surface area contributed by atoms with Crippen LogP contribution in [0.25, 0.3) is 0 Å². The lowest BCUT2D eigenvalue weighted by Gasteiger charge is -2.13. The maximum Gasteiger partial charge on any atom is 0.305 e. The number of nitrogens with one attached hydrogen (secondary N) is 1. The number of carboxylic acid groups (broad SMARTS) is 1. The van der Waals surface area contributed by atoms with Gasteiger partial charge in [-0.2, -0.15) is 0 Å². The SMILES string of the molecule is CCOCc1ccccc1CNC(=O)C(N)CC(=O)O. The van der Waals surface area contributed by atoms with Gasteiger partial charge in [0.05, 0.1) is 19.1 Å². The van der Waals surface area contributed by atoms with E-state index in [1.54, 1.807) is 0 Å². The first kappa shape index (κ1) is 16.1. The lowest BCUT2D eigenvalue weighted by molar-refractivity contribution is -0.139. The summed E-state index contributed by atoms with van der Waals surface area (Å²) in [4.78, 5) is 22.1. The normalized spacial score (nSPS) is 11.9. The van der Waals surface area contributed by atoms with Gasteiger partial charge < -0.3 is 20.9 Å². The van der Waals surface area contributed by atoms with Crippen molar-refractivity contribution in [2.45, 2.75) is 32.5 Å². The molecule has 0 saturated carbocycles. The molecular formula is C14H20N2O4. The van der Waals surface area contributed by atoms with Gasteiger partial charge in [0.25, 0.3) is 0 Å². The molecule has 0 fully saturated rings. The van der Waals surface area contributed by atoms with Crippen LogP contribution in [0.4, 0.5) is 0 Å². The lowest BCUT2D eigenvalue weighted by Crippen LogP contribution is -2.41. The van der Waals surface area contributed by atoms with Crippen LogP contribution in [0.3, 0.4) is 0 Å². The summed E-state index contributed by atoms with van der Waals surface area (Å²) in [6.45, 7) is 3.30. The number of carboxylic acids is 1. The molecule has 1 unspecified atom stereocenters. The maximum atomic E-state index is 11.6. The largest absolute Gasteiger partial charge is 0.481 e. The minimum atomic E-state index is -1.09. The molecule has 1 amide bonds. The second-order valence-electron chi connectivity index (χ2n) is 4.33. The summed E-state index contributed by atoms with van der Waals surface area (Å²) in [7, 11) is 0. The number of hydrogen-bond donors (Lipinski definition) is 3. The van der Waals surface area contributed by atoms with Gasteiger partial charge in [-0.15, -0.1) is 0 Å². The first-order valence-corrected chi connectivity index (χ1v) is 6.44. The minimum Gasteiger partial charge on any atom is -0.481 e. The van der Waals surface area contributed by atoms with E-state index in [-0.39, 0.29) is 6.42 Å². The van der Waals surface area contributed by atoms with Crippen molar-refractivity contribution in [2.75, 3.05) is 6.61 Å². The average molecular weight is 280 g/mol. The van der Waals surface area contributed by atoms with E-state index in [1.165, 1.54) is 0 Å². The van der Waals surface area contributed by atoms with Gasteiger partial charge in [0.2, 0.25) is 5.91 Å². The molecule has 4 N–H and O–H groups in total. The first-order chi connectivity index (χ1) is 9.54. The van der Waals surface area contributed by atoms with Crippen LogP contribution < -0.4 is 11.1 Å². The highest BCUT2D eigenvalue weighted by Gasteiger charge is 2.16. The zero-order valence-electron chi connectivity index (χ0n) is 11.5. The molecule has 0 aliphatic rings. The van der Waals surface area contributed by atoms with Gasteiger partial charge >= 0.3 is 5.97 Å². The van der Waals surface area contributed by atoms with E-state index in [1.807, 2.05) is 31.2 Å². The summed E-state index contributed by atoms with van der Waals surface area (Å²) in [6, 6.07) is 6.54. The van der Waals surface area contributed by atoms with Crippen molar-refractivity contribution in [1.29, 1.82) is 0 Å². The Hall–Kier alpha value is -1.92. The maximum absolute atomic E-state index is 11.6. The van der Waals surface area contributed by atoms with Gasteiger partial charge in [-0.1, -0.05) is 24.3 Å². The third-order valence-corrected chi connectivity index (χ3v) is 2.76. The van der Waals surface area contributed by atoms with Crippen LogP contribution in [0.1, 0.15) is 24.5 Å². The molecule has 110 valence electrons. The first-order valence-electron chi connectivity index (χ1n) is 6.44. The summed E-state index contributed by atoms with van der Waals surface area (Å²) in [5, 5.41) is 11.2. The predicted molar refractivity (Wildman–Crippen MR) is 73.8 cm³/mol. The number of aliphatic carboxylic acids is 1. The zero-order valence-corrected chi connectivity index (χ0v) is 11.5. The van der Waals surface area contributed by atoms with Crippen LogP contribution in [-0.2, 0) is 27.5 Å². The Morgan fingerprint density at radius 3 is 2.60 bits per heavy atom. The van der Waals surface area contributed by atoms with Gasteiger partial charge in [-0.3, -0.25) is 9.59 Å². The molecule has 0 radical (unpaired) electrons. The zero-order chi connectivity index (χ0) is 15.0. The minimum absolute atomic E-state index is 0.301. The fourth-order valence-electron chi connectivity index (χ4n) is 1.68. The second kappa shape index (κ2) is 8.29. The number of rotatable bonds is 8. The fraction of sp³-hybridized carbons (Fsp3) is 0.429. The van der Waals surface area contributed by atoms with Crippen molar-refractivity contribution in [3.63, 3.8) is 0 Å². The number of amides is 1. The summed E-state index contributed by atoms with van der Waals surface area (Å²) in [5.74, 6) is -1.57. The molecule has 1 rings (SSSR count). The number of carbonyl (C=O) groups excluding carboxylic acids is 1. The Morgan fingerprint density at radius 1 is 1.35 bits per heavy atom. The van der Waals surface area contributed by atoms with Crippen molar-refractivity contribution in [3.8, 4) is 0 Å². The third kappa shape index (κ3) is 5.38. The fourth-order valence-corrected chi connectivity index (χ4v) is 1.68. The van der Waals surface area contributed by atoms with Gasteiger partial charge in [-0.25, -0.2) is 0 Å². The molecule has 0 aliphatic carbocycles. The van der Waals surface area contributed by atoms with E-state index >= 15 is 0 Å². The molecule has 6 heteroatoms. The Balaban J connectivity index is 2.56. The number of nitrogens with two attached hydrogens (primary N) is 1. The summed E-state index contributed by atoms with van der Waals surface area (Å²) in [6.07, 6.45) is -0.383. The Morgan fingerprint density at radius 2 is 2.00 bits per heavy atom. The highest BCUT2D eigenvalue weighted by molar-refractivity contribution is 5.85. The molecule has 1 atom stereocenters. The van der Waals surface area contributed by atoms with Crippen molar-refractivity contribution < 1.29 is 19.4 Å². The monoisotopic (exact) mass is 280 g/mol. The molecular weight excluding hydrogens is 260 g/mol. The standard InChI is InChI=1S/C14H20N2O4/c1-2-20-9-11-6-4-3-5-10(11)8-16-14(19)12(15)7-13(17)18/h3-6,12H,2,7-9,15H2,1H3,(H,16,19)(H,17,18). The smallest absolute Gasteiger partial charge is 0.305 e. The number of ether oxygens (including phenoxy) is 1. The number of carbonyl (C=O) groups is 2. The van der Waals surface area contributed by atoms with Gasteiger partial charge in [0, 0.05) is 13.2 Å². The molecule has 1 aromatic carbocycles. The lowest BCUT2D eigenvalue weighted by atomic mass is 10.1. The Kier molecular flexibility index (Phi) is 6.69. The summed E-state index contributed by atoms with van der Waals surface area (Å²) < 4.78 is 5.35. The van der Waals surface area contributed by atoms with Gasteiger partial charge in [-0.05, 0) is 18.1 Å². The molecule has 0 heterocycles. The van der Waals surface area contributed by atoms with Crippen molar-refractivity contribution in [2.24, 2.45) is 5.73 Å². The molecule has 0 spiro atoms. The number of hydrogen-bond acceptors (Lipinski definition) is 4. The highest BCUT2D eigenvalue weighted by atomic mass is 16.5. The topological polar surface area (TPSA) is 102 Å². The van der Waals surface area contributed by atoms with E-state index in [4.69, 9.17) is 15.6 Å². The molecule has 20 heavy (non-hydrogen) atoms. The van der Waals surface area contributed by atoms with Crippen LogP contribution in [0.15, 0.2) is 24.3 Å². The van der Waals surface area contributed by atoms with Crippen LogP contribution >= 0.6 is 0 Å². The van der Waals surface area contributed by atoms with Gasteiger partial charge in [0.1, 0.15) is 0 Å². The van der Waals surface area contributed by atoms with Crippen LogP contribution in [-0.4, -0.2) is 29.6 Å². The predicted octanol–water partition coefficient (Wildman–Crippen LogP) is 0.641. The average Bonchev–Trinajstić information content (AvgIpc) is 2.42.